The molecule has 4 aromatic rings. The van der Waals surface area contributed by atoms with Gasteiger partial charge in [-0.3, -0.25) is 18.9 Å². The van der Waals surface area contributed by atoms with Crippen LogP contribution in [0.2, 0.25) is 0 Å². The number of rotatable bonds is 6. The Morgan fingerprint density at radius 1 is 0.818 bits per heavy atom. The van der Waals surface area contributed by atoms with Crippen molar-refractivity contribution in [3.8, 4) is 5.75 Å². The van der Waals surface area contributed by atoms with Gasteiger partial charge in [-0.25, -0.2) is 5.06 Å². The Bertz CT molecular complexity index is 2280. The van der Waals surface area contributed by atoms with Gasteiger partial charge in [0.15, 0.2) is 0 Å². The number of phenols is 1. The molecule has 5 rings (SSSR count). The van der Waals surface area contributed by atoms with Gasteiger partial charge in [-0.15, -0.1) is 5.11 Å². The van der Waals surface area contributed by atoms with Gasteiger partial charge in [0.05, 0.1) is 27.7 Å². The number of hydroxylamine groups is 1. The highest BCUT2D eigenvalue weighted by Gasteiger charge is 2.35. The number of azo groups is 1. The summed E-state index contributed by atoms with van der Waals surface area (Å²) in [7, 11) is -14.6. The average Bonchev–Trinajstić information content (AvgIpc) is 2.91. The third-order valence-electron chi connectivity index (χ3n) is 6.79. The lowest BCUT2D eigenvalue weighted by Gasteiger charge is -2.31. The first-order chi connectivity index (χ1) is 20.4. The Hall–Kier alpha value is -4.43. The smallest absolute Gasteiger partial charge is 0.297 e. The molecule has 1 aliphatic heterocycles. The molecular weight excluding hydrogens is 641 g/mol. The van der Waals surface area contributed by atoms with Crippen LogP contribution in [-0.2, 0) is 36.8 Å². The van der Waals surface area contributed by atoms with E-state index in [2.05, 4.69) is 10.2 Å². The van der Waals surface area contributed by atoms with Crippen LogP contribution >= 0.6 is 0 Å². The SMILES string of the molecule is Cc1cc(C2=C(S(=O)(=O)O)Cc3cc(S(=O)(=O)O)cc(N)c3N2O)c(O)cc1N=Nc1ccc2ccccc2c1S(=O)(=O)O. The third kappa shape index (κ3) is 5.62. The summed E-state index contributed by atoms with van der Waals surface area (Å²) in [6.07, 6.45) is -0.686. The Morgan fingerprint density at radius 2 is 1.48 bits per heavy atom. The van der Waals surface area contributed by atoms with Gasteiger partial charge in [-0.1, -0.05) is 30.3 Å². The summed E-state index contributed by atoms with van der Waals surface area (Å²) in [5.41, 5.74) is 4.17. The van der Waals surface area contributed by atoms with Crippen LogP contribution < -0.4 is 10.8 Å². The molecule has 7 N–H and O–H groups in total. The summed E-state index contributed by atoms with van der Waals surface area (Å²) in [4.78, 5) is -2.01. The predicted octanol–water partition coefficient (Wildman–Crippen LogP) is 4.35. The number of nitrogen functional groups attached to an aromatic ring is 1. The van der Waals surface area contributed by atoms with Crippen molar-refractivity contribution >= 4 is 69.6 Å². The van der Waals surface area contributed by atoms with Gasteiger partial charge < -0.3 is 10.8 Å². The number of allylic oxidation sites excluding steroid dienone is 1. The summed E-state index contributed by atoms with van der Waals surface area (Å²) in [6, 6.07) is 13.2. The number of nitrogens with zero attached hydrogens (tertiary/aromatic N) is 3. The molecule has 1 aliphatic rings. The molecule has 18 heteroatoms. The van der Waals surface area contributed by atoms with Gasteiger partial charge in [-0.2, -0.15) is 30.4 Å². The van der Waals surface area contributed by atoms with E-state index in [4.69, 9.17) is 5.73 Å². The zero-order valence-corrected chi connectivity index (χ0v) is 24.8. The molecule has 0 atom stereocenters. The normalized spacial score (nSPS) is 14.4. The highest BCUT2D eigenvalue weighted by Crippen LogP contribution is 2.46. The van der Waals surface area contributed by atoms with Crippen LogP contribution in [0.5, 0.6) is 5.75 Å². The second kappa shape index (κ2) is 10.6. The van der Waals surface area contributed by atoms with Crippen LogP contribution in [0.1, 0.15) is 16.7 Å². The Balaban J connectivity index is 1.64. The molecule has 0 amide bonds. The van der Waals surface area contributed by atoms with E-state index in [0.29, 0.717) is 5.39 Å². The van der Waals surface area contributed by atoms with Crippen molar-refractivity contribution in [2.75, 3.05) is 10.8 Å². The zero-order valence-electron chi connectivity index (χ0n) is 22.3. The number of hydrogen-bond donors (Lipinski definition) is 6. The number of hydrogen-bond acceptors (Lipinski definition) is 12. The van der Waals surface area contributed by atoms with E-state index in [0.717, 1.165) is 18.2 Å². The first-order valence-corrected chi connectivity index (χ1v) is 16.5. The molecule has 0 saturated carbocycles. The highest BCUT2D eigenvalue weighted by molar-refractivity contribution is 7.90. The summed E-state index contributed by atoms with van der Waals surface area (Å²) in [5, 5.41) is 30.9. The number of benzene rings is 4. The summed E-state index contributed by atoms with van der Waals surface area (Å²) in [5.74, 6) is -0.662. The molecule has 0 unspecified atom stereocenters. The maximum Gasteiger partial charge on any atom is 0.297 e. The van der Waals surface area contributed by atoms with Crippen molar-refractivity contribution in [2.45, 2.75) is 23.1 Å². The van der Waals surface area contributed by atoms with Crippen LogP contribution in [0.4, 0.5) is 22.7 Å². The third-order valence-corrected chi connectivity index (χ3v) is 9.53. The lowest BCUT2D eigenvalue weighted by molar-refractivity contribution is 0.301. The van der Waals surface area contributed by atoms with Gasteiger partial charge in [0, 0.05) is 23.4 Å². The van der Waals surface area contributed by atoms with Crippen LogP contribution in [0, 0.1) is 6.92 Å². The van der Waals surface area contributed by atoms with Crippen molar-refractivity contribution < 1.29 is 49.2 Å². The molecule has 0 aliphatic carbocycles. The van der Waals surface area contributed by atoms with E-state index in [9.17, 15) is 49.2 Å². The maximum absolute atomic E-state index is 12.4. The minimum Gasteiger partial charge on any atom is -0.507 e. The van der Waals surface area contributed by atoms with Crippen molar-refractivity contribution in [2.24, 2.45) is 10.2 Å². The van der Waals surface area contributed by atoms with Gasteiger partial charge in [0.1, 0.15) is 21.2 Å². The lowest BCUT2D eigenvalue weighted by Crippen LogP contribution is -2.28. The molecule has 44 heavy (non-hydrogen) atoms. The van der Waals surface area contributed by atoms with Crippen molar-refractivity contribution in [1.29, 1.82) is 0 Å². The fourth-order valence-corrected chi connectivity index (χ4v) is 7.05. The predicted molar refractivity (Wildman–Crippen MR) is 158 cm³/mol. The average molecular weight is 663 g/mol. The molecule has 0 fully saturated rings. The lowest BCUT2D eigenvalue weighted by atomic mass is 9.97. The molecule has 0 saturated heterocycles. The van der Waals surface area contributed by atoms with Gasteiger partial charge in [-0.05, 0) is 47.7 Å². The number of anilines is 2. The van der Waals surface area contributed by atoms with E-state index in [-0.39, 0.29) is 49.9 Å². The second-order valence-corrected chi connectivity index (χ2v) is 13.9. The van der Waals surface area contributed by atoms with E-state index in [1.165, 1.54) is 25.1 Å². The van der Waals surface area contributed by atoms with E-state index < -0.39 is 62.9 Å². The molecule has 1 heterocycles. The number of aromatic hydroxyl groups is 1. The van der Waals surface area contributed by atoms with Crippen LogP contribution in [-0.4, -0.2) is 49.2 Å². The zero-order chi connectivity index (χ0) is 32.4. The standard InChI is InChI=1S/C26H22N4O11S3/c1-13-8-18(25-23(43(36,37)38)10-15-9-16(42(33,34)35)11-19(27)24(15)30(25)32)22(31)12-21(13)29-28-20-7-6-14-4-2-3-5-17(14)26(20)44(39,40)41/h2-9,11-12,31-32H,10,27H2,1H3,(H,33,34,35)(H,36,37,38)(H,39,40,41). The highest BCUT2D eigenvalue weighted by atomic mass is 32.2. The van der Waals surface area contributed by atoms with Crippen molar-refractivity contribution in [1.82, 2.24) is 0 Å². The van der Waals surface area contributed by atoms with Gasteiger partial charge in [0.2, 0.25) is 0 Å². The Kier molecular flexibility index (Phi) is 7.49. The maximum atomic E-state index is 12.4. The first-order valence-electron chi connectivity index (χ1n) is 12.2. The largest absolute Gasteiger partial charge is 0.507 e. The molecule has 15 nitrogen and oxygen atoms in total. The van der Waals surface area contributed by atoms with Gasteiger partial charge >= 0.3 is 0 Å². The van der Waals surface area contributed by atoms with Crippen molar-refractivity contribution in [3.05, 3.63) is 82.3 Å². The molecule has 0 radical (unpaired) electrons. The molecule has 0 bridgehead atoms. The van der Waals surface area contributed by atoms with Crippen LogP contribution in [0.15, 0.2) is 85.6 Å². The number of aryl methyl sites for hydroxylation is 1. The topological polar surface area (TPSA) is 258 Å². The molecule has 0 aromatic heterocycles. The van der Waals surface area contributed by atoms with Crippen LogP contribution in [0.3, 0.4) is 0 Å². The minimum atomic E-state index is -5.09. The quantitative estimate of drug-likeness (QED) is 0.0954. The molecule has 0 spiro atoms. The molecule has 230 valence electrons. The number of fused-ring (bicyclic) bond motifs is 2. The fourth-order valence-electron chi connectivity index (χ4n) is 4.87. The monoisotopic (exact) mass is 662 g/mol. The fraction of sp³-hybridized carbons (Fsp3) is 0.0769. The number of phenolic OH excluding ortho intramolecular Hbond substituents is 1. The summed E-state index contributed by atoms with van der Waals surface area (Å²) in [6.45, 7) is 1.47. The number of nitrogens with two attached hydrogens (primary N) is 1. The van der Waals surface area contributed by atoms with E-state index >= 15 is 0 Å². The second-order valence-electron chi connectivity index (χ2n) is 9.70. The Morgan fingerprint density at radius 3 is 2.11 bits per heavy atom. The van der Waals surface area contributed by atoms with E-state index in [1.807, 2.05) is 0 Å². The van der Waals surface area contributed by atoms with Gasteiger partial charge in [0.25, 0.3) is 30.4 Å². The van der Waals surface area contributed by atoms with E-state index in [1.54, 1.807) is 24.3 Å². The van der Waals surface area contributed by atoms with Crippen LogP contribution in [0.25, 0.3) is 16.5 Å². The summed E-state index contributed by atoms with van der Waals surface area (Å²) >= 11 is 0. The van der Waals surface area contributed by atoms with Crippen molar-refractivity contribution in [3.63, 3.8) is 0 Å². The Labute approximate surface area is 250 Å². The minimum absolute atomic E-state index is 0.0206. The first kappa shape index (κ1) is 31.0. The summed E-state index contributed by atoms with van der Waals surface area (Å²) < 4.78 is 102. The molecule has 4 aromatic carbocycles. The molecular formula is C26H22N4O11S3.